The van der Waals surface area contributed by atoms with E-state index in [0.717, 1.165) is 18.2 Å². The normalized spacial score (nSPS) is 16.7. The first-order chi connectivity index (χ1) is 11.8. The second-order valence-electron chi connectivity index (χ2n) is 4.28. The van der Waals surface area contributed by atoms with E-state index < -0.39 is 0 Å². The molecular formula is C15H29N7O3. The van der Waals surface area contributed by atoms with Gasteiger partial charge in [0.25, 0.3) is 0 Å². The van der Waals surface area contributed by atoms with Crippen molar-refractivity contribution in [3.05, 3.63) is 4.91 Å². The summed E-state index contributed by atoms with van der Waals surface area (Å²) in [5.41, 5.74) is 0. The first-order valence-electron chi connectivity index (χ1n) is 7.87. The van der Waals surface area contributed by atoms with Gasteiger partial charge in [0.15, 0.2) is 0 Å². The Hall–Kier alpha value is -2.27. The van der Waals surface area contributed by atoms with Gasteiger partial charge in [-0.15, -0.1) is 4.91 Å². The highest BCUT2D eigenvalue weighted by Crippen LogP contribution is 2.02. The van der Waals surface area contributed by atoms with Crippen LogP contribution in [0, 0.1) is 27.6 Å². The van der Waals surface area contributed by atoms with E-state index in [9.17, 15) is 4.91 Å². The van der Waals surface area contributed by atoms with Crippen molar-refractivity contribution in [3.63, 3.8) is 0 Å². The standard InChI is InChI=1S/C6H10N4O2.C6H9N3O.C2H6.CH4/c7-1-2-10(8-11)9-3-5-12-6-4-9;7-1-2-8-9-3-5-10-6-4-9;1-2;/h2-6H2;2H,3-6H2;1-2H3;1H4. The topological polar surface area (TPSA) is 118 Å². The minimum absolute atomic E-state index is 0. The van der Waals surface area contributed by atoms with Gasteiger partial charge in [-0.25, -0.2) is 0 Å². The van der Waals surface area contributed by atoms with Crippen molar-refractivity contribution < 1.29 is 9.47 Å². The summed E-state index contributed by atoms with van der Waals surface area (Å²) in [5, 5.41) is 27.8. The molecule has 0 aliphatic carbocycles. The molecule has 2 rings (SSSR count). The van der Waals surface area contributed by atoms with Gasteiger partial charge in [-0.2, -0.15) is 25.8 Å². The van der Waals surface area contributed by atoms with E-state index in [-0.39, 0.29) is 14.0 Å². The number of hydrazone groups is 1. The molecule has 10 nitrogen and oxygen atoms in total. The van der Waals surface area contributed by atoms with Crippen molar-refractivity contribution in [2.24, 2.45) is 10.4 Å². The highest BCUT2D eigenvalue weighted by molar-refractivity contribution is 5.74. The average Bonchev–Trinajstić information content (AvgIpc) is 2.68. The molecule has 0 aromatic heterocycles. The van der Waals surface area contributed by atoms with E-state index in [1.807, 2.05) is 31.0 Å². The largest absolute Gasteiger partial charge is 0.379 e. The Morgan fingerprint density at radius 2 is 1.60 bits per heavy atom. The van der Waals surface area contributed by atoms with Crippen LogP contribution in [0.3, 0.4) is 0 Å². The molecule has 10 heteroatoms. The van der Waals surface area contributed by atoms with Crippen LogP contribution in [0.15, 0.2) is 10.4 Å². The van der Waals surface area contributed by atoms with Gasteiger partial charge in [0.2, 0.25) is 0 Å². The van der Waals surface area contributed by atoms with Gasteiger partial charge in [0, 0.05) is 13.1 Å². The maximum absolute atomic E-state index is 10.2. The molecule has 0 saturated carbocycles. The number of hydrazine groups is 1. The number of hydrogen-bond donors (Lipinski definition) is 0. The van der Waals surface area contributed by atoms with Crippen LogP contribution in [0.5, 0.6) is 0 Å². The van der Waals surface area contributed by atoms with E-state index in [4.69, 9.17) is 20.0 Å². The molecule has 0 unspecified atom stereocenters. The predicted octanol–water partition coefficient (Wildman–Crippen LogP) is 1.23. The van der Waals surface area contributed by atoms with Crippen LogP contribution in [-0.2, 0) is 9.47 Å². The Morgan fingerprint density at radius 1 is 1.08 bits per heavy atom. The second kappa shape index (κ2) is 18.1. The molecule has 0 aromatic rings. The highest BCUT2D eigenvalue weighted by Gasteiger charge is 2.17. The fourth-order valence-electron chi connectivity index (χ4n) is 1.80. The van der Waals surface area contributed by atoms with Gasteiger partial charge < -0.3 is 9.47 Å². The van der Waals surface area contributed by atoms with Crippen molar-refractivity contribution in [2.75, 3.05) is 59.2 Å². The zero-order valence-corrected chi connectivity index (χ0v) is 14.3. The number of morpholine rings is 2. The molecule has 2 aliphatic rings. The number of rotatable bonds is 4. The number of nitroso groups, excluding NO2 is 1. The van der Waals surface area contributed by atoms with Crippen molar-refractivity contribution in [1.29, 1.82) is 10.5 Å². The maximum Gasteiger partial charge on any atom is 0.143 e. The molecule has 0 aromatic carbocycles. The Balaban J connectivity index is 0. The lowest BCUT2D eigenvalue weighted by Crippen LogP contribution is -2.46. The van der Waals surface area contributed by atoms with Gasteiger partial charge in [-0.3, -0.25) is 5.01 Å². The Kier molecular flexibility index (Phi) is 18.1. The van der Waals surface area contributed by atoms with Gasteiger partial charge in [0.05, 0.1) is 50.9 Å². The van der Waals surface area contributed by atoms with Crippen LogP contribution in [0.4, 0.5) is 0 Å². The number of nitrogens with zero attached hydrogens (tertiary/aromatic N) is 7. The van der Waals surface area contributed by atoms with Crippen molar-refractivity contribution in [3.8, 4) is 12.1 Å². The van der Waals surface area contributed by atoms with E-state index in [2.05, 4.69) is 10.4 Å². The SMILES string of the molecule is C.CC.N#CC=NN1CCOCC1.N#CCN(N=O)N1CCOCC1. The zero-order chi connectivity index (χ0) is 18.0. The van der Waals surface area contributed by atoms with E-state index >= 15 is 0 Å². The molecule has 0 atom stereocenters. The van der Waals surface area contributed by atoms with Crippen LogP contribution in [0.2, 0.25) is 0 Å². The summed E-state index contributed by atoms with van der Waals surface area (Å²) in [5.74, 6) is 0. The molecule has 0 radical (unpaired) electrons. The van der Waals surface area contributed by atoms with Crippen LogP contribution < -0.4 is 0 Å². The summed E-state index contributed by atoms with van der Waals surface area (Å²) in [4.78, 5) is 10.2. The maximum atomic E-state index is 10.2. The lowest BCUT2D eigenvalue weighted by Gasteiger charge is -2.31. The Bertz CT molecular complexity index is 422. The average molecular weight is 355 g/mol. The summed E-state index contributed by atoms with van der Waals surface area (Å²) < 4.78 is 10.2. The number of nitriles is 2. The molecule has 2 fully saturated rings. The van der Waals surface area contributed by atoms with Crippen molar-refractivity contribution in [1.82, 2.24) is 15.1 Å². The molecule has 2 heterocycles. The third-order valence-electron chi connectivity index (χ3n) is 2.89. The molecule has 0 amide bonds. The highest BCUT2D eigenvalue weighted by atomic mass is 16.5. The third-order valence-corrected chi connectivity index (χ3v) is 2.89. The van der Waals surface area contributed by atoms with Crippen molar-refractivity contribution >= 4 is 6.21 Å². The van der Waals surface area contributed by atoms with E-state index in [0.29, 0.717) is 39.5 Å². The Labute approximate surface area is 150 Å². The lowest BCUT2D eigenvalue weighted by molar-refractivity contribution is -0.0836. The summed E-state index contributed by atoms with van der Waals surface area (Å²) in [7, 11) is 0. The molecule has 142 valence electrons. The lowest BCUT2D eigenvalue weighted by atomic mass is 10.5. The summed E-state index contributed by atoms with van der Waals surface area (Å²) in [6, 6.07) is 3.71. The number of hydrogen-bond acceptors (Lipinski definition) is 9. The molecule has 0 spiro atoms. The molecule has 0 bridgehead atoms. The molecule has 2 aliphatic heterocycles. The van der Waals surface area contributed by atoms with Crippen LogP contribution in [0.25, 0.3) is 0 Å². The summed E-state index contributed by atoms with van der Waals surface area (Å²) >= 11 is 0. The smallest absolute Gasteiger partial charge is 0.143 e. The zero-order valence-electron chi connectivity index (χ0n) is 14.3. The van der Waals surface area contributed by atoms with Crippen LogP contribution in [0.1, 0.15) is 21.3 Å². The minimum atomic E-state index is 0. The number of ether oxygens (including phenoxy) is 2. The van der Waals surface area contributed by atoms with Gasteiger partial charge in [-0.05, 0) is 0 Å². The van der Waals surface area contributed by atoms with E-state index in [1.165, 1.54) is 6.21 Å². The monoisotopic (exact) mass is 355 g/mol. The van der Waals surface area contributed by atoms with Crippen molar-refractivity contribution in [2.45, 2.75) is 21.3 Å². The molecule has 0 N–H and O–H groups in total. The second-order valence-corrected chi connectivity index (χ2v) is 4.28. The fraction of sp³-hybridized carbons (Fsp3) is 0.800. The molecular weight excluding hydrogens is 326 g/mol. The van der Waals surface area contributed by atoms with Gasteiger partial charge in [-0.1, -0.05) is 21.3 Å². The molecule has 2 saturated heterocycles. The predicted molar refractivity (Wildman–Crippen MR) is 95.1 cm³/mol. The Morgan fingerprint density at radius 3 is 2.04 bits per heavy atom. The minimum Gasteiger partial charge on any atom is -0.379 e. The van der Waals surface area contributed by atoms with Crippen LogP contribution >= 0.6 is 0 Å². The first kappa shape index (κ1) is 25.0. The van der Waals surface area contributed by atoms with Gasteiger partial charge >= 0.3 is 0 Å². The fourth-order valence-corrected chi connectivity index (χ4v) is 1.80. The van der Waals surface area contributed by atoms with Crippen LogP contribution in [-0.4, -0.2) is 80.5 Å². The summed E-state index contributed by atoms with van der Waals surface area (Å²) in [6.45, 7) is 9.40. The molecule has 25 heavy (non-hydrogen) atoms. The van der Waals surface area contributed by atoms with E-state index in [1.54, 1.807) is 5.01 Å². The van der Waals surface area contributed by atoms with Gasteiger partial charge in [0.1, 0.15) is 18.8 Å². The first-order valence-corrected chi connectivity index (χ1v) is 7.87. The quantitative estimate of drug-likeness (QED) is 0.320. The third kappa shape index (κ3) is 11.8. The summed E-state index contributed by atoms with van der Waals surface area (Å²) in [6.07, 6.45) is 1.24.